The topological polar surface area (TPSA) is 82.8 Å². The predicted octanol–water partition coefficient (Wildman–Crippen LogP) is 1.05. The van der Waals surface area contributed by atoms with Crippen molar-refractivity contribution in [3.8, 4) is 0 Å². The summed E-state index contributed by atoms with van der Waals surface area (Å²) in [6.45, 7) is 1.69. The number of furan rings is 1. The fourth-order valence-corrected chi connectivity index (χ4v) is 5.44. The standard InChI is InChI=1S/C12H17BrN2O4S/c13-12-11(6-8(7-16)19-12)20(17,18)14-9-3-5-15-4-1-2-10(9)15/h6,9-10,14,16H,1-5,7H2. The Morgan fingerprint density at radius 2 is 2.25 bits per heavy atom. The lowest BCUT2D eigenvalue weighted by atomic mass is 10.1. The van der Waals surface area contributed by atoms with Crippen LogP contribution in [0.25, 0.3) is 0 Å². The fourth-order valence-electron chi connectivity index (χ4n) is 3.14. The SMILES string of the molecule is O=S(=O)(NC1CCN2CCCC12)c1cc(CO)oc1Br. The molecular formula is C12H17BrN2O4S. The highest BCUT2D eigenvalue weighted by Gasteiger charge is 2.39. The van der Waals surface area contributed by atoms with E-state index in [1.807, 2.05) is 0 Å². The number of fused-ring (bicyclic) bond motifs is 1. The van der Waals surface area contributed by atoms with Crippen LogP contribution in [-0.2, 0) is 16.6 Å². The molecule has 1 aromatic rings. The van der Waals surface area contributed by atoms with Crippen LogP contribution >= 0.6 is 15.9 Å². The first-order valence-corrected chi connectivity index (χ1v) is 8.94. The van der Waals surface area contributed by atoms with E-state index in [0.717, 1.165) is 32.4 Å². The lowest BCUT2D eigenvalue weighted by Crippen LogP contribution is -2.42. The molecule has 3 rings (SSSR count). The summed E-state index contributed by atoms with van der Waals surface area (Å²) in [5, 5.41) is 9.01. The Hall–Kier alpha value is -0.410. The quantitative estimate of drug-likeness (QED) is 0.834. The van der Waals surface area contributed by atoms with Gasteiger partial charge in [-0.3, -0.25) is 4.90 Å². The summed E-state index contributed by atoms with van der Waals surface area (Å²) in [6, 6.07) is 1.63. The monoisotopic (exact) mass is 364 g/mol. The first-order chi connectivity index (χ1) is 9.51. The Labute approximate surface area is 126 Å². The van der Waals surface area contributed by atoms with Gasteiger partial charge in [-0.1, -0.05) is 0 Å². The smallest absolute Gasteiger partial charge is 0.245 e. The highest BCUT2D eigenvalue weighted by Crippen LogP contribution is 2.31. The van der Waals surface area contributed by atoms with E-state index in [1.165, 1.54) is 6.07 Å². The third-order valence-corrected chi connectivity index (χ3v) is 6.41. The Morgan fingerprint density at radius 3 is 2.95 bits per heavy atom. The lowest BCUT2D eigenvalue weighted by molar-refractivity contribution is 0.245. The van der Waals surface area contributed by atoms with E-state index >= 15 is 0 Å². The van der Waals surface area contributed by atoms with Crippen molar-refractivity contribution in [3.05, 3.63) is 16.5 Å². The summed E-state index contributed by atoms with van der Waals surface area (Å²) in [4.78, 5) is 2.40. The molecule has 0 amide bonds. The van der Waals surface area contributed by atoms with Crippen molar-refractivity contribution in [3.63, 3.8) is 0 Å². The Balaban J connectivity index is 1.80. The molecule has 20 heavy (non-hydrogen) atoms. The van der Waals surface area contributed by atoms with Gasteiger partial charge in [0, 0.05) is 24.7 Å². The Morgan fingerprint density at radius 1 is 1.45 bits per heavy atom. The van der Waals surface area contributed by atoms with Crippen molar-refractivity contribution >= 4 is 26.0 Å². The van der Waals surface area contributed by atoms with E-state index < -0.39 is 10.0 Å². The van der Waals surface area contributed by atoms with Crippen molar-refractivity contribution in [2.24, 2.45) is 0 Å². The average Bonchev–Trinajstić information content (AvgIpc) is 3.06. The third-order valence-electron chi connectivity index (χ3n) is 4.06. The van der Waals surface area contributed by atoms with Gasteiger partial charge in [0.05, 0.1) is 0 Å². The number of aliphatic hydroxyl groups excluding tert-OH is 1. The number of rotatable bonds is 4. The number of hydrogen-bond donors (Lipinski definition) is 2. The average molecular weight is 365 g/mol. The molecule has 8 heteroatoms. The van der Waals surface area contributed by atoms with Crippen molar-refractivity contribution < 1.29 is 17.9 Å². The molecule has 6 nitrogen and oxygen atoms in total. The molecule has 0 aromatic carbocycles. The van der Waals surface area contributed by atoms with E-state index in [4.69, 9.17) is 9.52 Å². The van der Waals surface area contributed by atoms with Crippen LogP contribution in [0.5, 0.6) is 0 Å². The van der Waals surface area contributed by atoms with Crippen molar-refractivity contribution in [1.29, 1.82) is 0 Å². The molecule has 2 saturated heterocycles. The molecule has 2 fully saturated rings. The number of nitrogens with zero attached hydrogens (tertiary/aromatic N) is 1. The summed E-state index contributed by atoms with van der Waals surface area (Å²) in [7, 11) is -3.63. The molecule has 0 radical (unpaired) electrons. The molecule has 2 unspecified atom stereocenters. The molecule has 112 valence electrons. The van der Waals surface area contributed by atoms with Crippen LogP contribution in [0.4, 0.5) is 0 Å². The normalized spacial score (nSPS) is 27.1. The molecule has 0 spiro atoms. The van der Waals surface area contributed by atoms with Crippen LogP contribution in [0.3, 0.4) is 0 Å². The summed E-state index contributed by atoms with van der Waals surface area (Å²) in [6.07, 6.45) is 3.01. The van der Waals surface area contributed by atoms with Crippen LogP contribution in [0.15, 0.2) is 20.0 Å². The molecule has 1 aromatic heterocycles. The second kappa shape index (κ2) is 5.42. The maximum Gasteiger partial charge on any atom is 0.245 e. The van der Waals surface area contributed by atoms with E-state index in [2.05, 4.69) is 25.6 Å². The highest BCUT2D eigenvalue weighted by molar-refractivity contribution is 9.10. The second-order valence-corrected chi connectivity index (χ2v) is 7.67. The molecular weight excluding hydrogens is 348 g/mol. The minimum Gasteiger partial charge on any atom is -0.450 e. The molecule has 2 atom stereocenters. The number of nitrogens with one attached hydrogen (secondary N) is 1. The minimum absolute atomic E-state index is 0.0399. The molecule has 0 bridgehead atoms. The van der Waals surface area contributed by atoms with Crippen LogP contribution < -0.4 is 4.72 Å². The number of aliphatic hydroxyl groups is 1. The second-order valence-electron chi connectivity index (χ2n) is 5.27. The molecule has 2 N–H and O–H groups in total. The van der Waals surface area contributed by atoms with Gasteiger partial charge in [0.2, 0.25) is 10.0 Å². The number of sulfonamides is 1. The largest absolute Gasteiger partial charge is 0.450 e. The van der Waals surface area contributed by atoms with Crippen molar-refractivity contribution in [1.82, 2.24) is 9.62 Å². The van der Waals surface area contributed by atoms with Crippen molar-refractivity contribution in [2.45, 2.75) is 42.8 Å². The maximum atomic E-state index is 12.4. The van der Waals surface area contributed by atoms with E-state index in [1.54, 1.807) is 0 Å². The summed E-state index contributed by atoms with van der Waals surface area (Å²) < 4.78 is 32.9. The van der Waals surface area contributed by atoms with E-state index in [0.29, 0.717) is 6.04 Å². The van der Waals surface area contributed by atoms with Gasteiger partial charge in [0.15, 0.2) is 4.67 Å². The summed E-state index contributed by atoms with van der Waals surface area (Å²) in [5.41, 5.74) is 0. The molecule has 2 aliphatic rings. The molecule has 0 aliphatic carbocycles. The van der Waals surface area contributed by atoms with Crippen molar-refractivity contribution in [2.75, 3.05) is 13.1 Å². The molecule has 0 saturated carbocycles. The number of hydrogen-bond acceptors (Lipinski definition) is 5. The van der Waals surface area contributed by atoms with Crippen LogP contribution in [-0.4, -0.2) is 43.6 Å². The number of halogens is 1. The van der Waals surface area contributed by atoms with Crippen LogP contribution in [0.1, 0.15) is 25.0 Å². The Kier molecular flexibility index (Phi) is 3.93. The summed E-state index contributed by atoms with van der Waals surface area (Å²) >= 11 is 3.09. The van der Waals surface area contributed by atoms with Gasteiger partial charge in [0.1, 0.15) is 17.3 Å². The van der Waals surface area contributed by atoms with Gasteiger partial charge in [-0.25, -0.2) is 13.1 Å². The maximum absolute atomic E-state index is 12.4. The highest BCUT2D eigenvalue weighted by atomic mass is 79.9. The van der Waals surface area contributed by atoms with Gasteiger partial charge in [-0.15, -0.1) is 0 Å². The summed E-state index contributed by atoms with van der Waals surface area (Å²) in [5.74, 6) is 0.228. The van der Waals surface area contributed by atoms with Gasteiger partial charge >= 0.3 is 0 Å². The van der Waals surface area contributed by atoms with Gasteiger partial charge in [-0.2, -0.15) is 0 Å². The van der Waals surface area contributed by atoms with Gasteiger partial charge in [-0.05, 0) is 41.7 Å². The van der Waals surface area contributed by atoms with Crippen LogP contribution in [0.2, 0.25) is 0 Å². The lowest BCUT2D eigenvalue weighted by Gasteiger charge is -2.20. The zero-order valence-electron chi connectivity index (χ0n) is 10.9. The molecule has 3 heterocycles. The van der Waals surface area contributed by atoms with Crippen LogP contribution in [0, 0.1) is 0 Å². The zero-order chi connectivity index (χ0) is 14.3. The third kappa shape index (κ3) is 2.55. The van der Waals surface area contributed by atoms with E-state index in [-0.39, 0.29) is 28.0 Å². The fraction of sp³-hybridized carbons (Fsp3) is 0.667. The predicted molar refractivity (Wildman–Crippen MR) is 75.7 cm³/mol. The zero-order valence-corrected chi connectivity index (χ0v) is 13.3. The van der Waals surface area contributed by atoms with E-state index in [9.17, 15) is 8.42 Å². The first kappa shape index (κ1) is 14.5. The molecule has 2 aliphatic heterocycles. The van der Waals surface area contributed by atoms with Gasteiger partial charge < -0.3 is 9.52 Å². The van der Waals surface area contributed by atoms with Gasteiger partial charge in [0.25, 0.3) is 0 Å². The first-order valence-electron chi connectivity index (χ1n) is 6.67. The minimum atomic E-state index is -3.63. The Bertz CT molecular complexity index is 601.